The van der Waals surface area contributed by atoms with E-state index < -0.39 is 0 Å². The van der Waals surface area contributed by atoms with Gasteiger partial charge in [0.25, 0.3) is 0 Å². The summed E-state index contributed by atoms with van der Waals surface area (Å²) < 4.78 is 5.21. The van der Waals surface area contributed by atoms with Gasteiger partial charge in [0.1, 0.15) is 25.2 Å². The number of hydrogen-bond donors (Lipinski definition) is 1. The second kappa shape index (κ2) is 22.9. The maximum Gasteiger partial charge on any atom is 0.133 e. The Hall–Kier alpha value is -3.09. The normalized spacial score (nSPS) is 11.4. The molecule has 0 amide bonds. The lowest BCUT2D eigenvalue weighted by Gasteiger charge is -2.24. The molecule has 0 fully saturated rings. The molecule has 0 saturated carbocycles. The SMILES string of the molecule is C=C(OC)c1ccc/c(=C(/N=C\C)NC(C)CC)c1=C.C=O.C=O.CCCN(CCC)c1ccc(Cl)c(Cl)c1. The Morgan fingerprint density at radius 3 is 2.10 bits per heavy atom. The molecule has 1 atom stereocenters. The molecule has 0 aliphatic rings. The van der Waals surface area contributed by atoms with Crippen molar-refractivity contribution < 1.29 is 14.3 Å². The fourth-order valence-electron chi connectivity index (χ4n) is 3.42. The molecule has 6 nitrogen and oxygen atoms in total. The standard InChI is InChI=1S/C17H24N2O.C12H17Cl2N.2CH2O/c1-7-12(3)19-17(18-8-2)16-11-9-10-15(13(16)4)14(5)20-6;1-3-7-15(8-4-2)10-5-6-11(13)12(14)9-10;2*1-2/h8-12,19H,4-5,7H2,1-3,6H3;5-6,9H,3-4,7-8H2,1-2H3;2*1H2/b17-16+,18-8-;;;. The maximum atomic E-state index is 8.00. The molecule has 0 radical (unpaired) electrons. The lowest BCUT2D eigenvalue weighted by molar-refractivity contribution is -0.0987. The van der Waals surface area contributed by atoms with E-state index in [1.165, 1.54) is 0 Å². The van der Waals surface area contributed by atoms with Gasteiger partial charge in [-0.05, 0) is 56.5 Å². The molecule has 0 aliphatic heterocycles. The number of methoxy groups -OCH3 is 1. The van der Waals surface area contributed by atoms with Gasteiger partial charge in [-0.25, -0.2) is 4.99 Å². The Kier molecular flexibility index (Phi) is 22.3. The number of carbonyl (C=O) groups excluding carboxylic acids is 2. The quantitative estimate of drug-likeness (QED) is 0.243. The minimum atomic E-state index is 0.349. The number of ether oxygens (including phenoxy) is 1. The number of anilines is 1. The van der Waals surface area contributed by atoms with Crippen molar-refractivity contribution in [1.29, 1.82) is 0 Å². The van der Waals surface area contributed by atoms with Crippen LogP contribution in [0.1, 0.15) is 59.4 Å². The van der Waals surface area contributed by atoms with Crippen LogP contribution in [0.4, 0.5) is 5.69 Å². The van der Waals surface area contributed by atoms with Crippen LogP contribution in [0.25, 0.3) is 18.2 Å². The molecule has 0 aromatic heterocycles. The molecule has 0 bridgehead atoms. The van der Waals surface area contributed by atoms with Crippen LogP contribution in [0.5, 0.6) is 0 Å². The van der Waals surface area contributed by atoms with Crippen LogP contribution >= 0.6 is 23.2 Å². The van der Waals surface area contributed by atoms with Gasteiger partial charge < -0.3 is 24.5 Å². The van der Waals surface area contributed by atoms with Crippen LogP contribution in [-0.2, 0) is 14.3 Å². The number of hydrogen-bond acceptors (Lipinski definition) is 6. The van der Waals surface area contributed by atoms with Gasteiger partial charge in [0.2, 0.25) is 0 Å². The first-order valence-electron chi connectivity index (χ1n) is 12.8. The first kappa shape index (κ1) is 38.1. The molecule has 1 unspecified atom stereocenters. The molecule has 0 heterocycles. The van der Waals surface area contributed by atoms with Crippen LogP contribution in [0.15, 0.2) is 48.0 Å². The van der Waals surface area contributed by atoms with Crippen LogP contribution in [0.3, 0.4) is 0 Å². The zero-order valence-corrected chi connectivity index (χ0v) is 25.9. The molecule has 0 spiro atoms. The summed E-state index contributed by atoms with van der Waals surface area (Å²) in [5.41, 5.74) is 2.06. The van der Waals surface area contributed by atoms with Gasteiger partial charge >= 0.3 is 0 Å². The van der Waals surface area contributed by atoms with E-state index in [2.05, 4.69) is 56.1 Å². The van der Waals surface area contributed by atoms with Crippen molar-refractivity contribution in [3.63, 3.8) is 0 Å². The van der Waals surface area contributed by atoms with Gasteiger partial charge in [-0.2, -0.15) is 0 Å². The molecular formula is C31H45Cl2N3O3. The van der Waals surface area contributed by atoms with Gasteiger partial charge in [-0.1, -0.05) is 75.3 Å². The summed E-state index contributed by atoms with van der Waals surface area (Å²) in [6.45, 7) is 24.7. The maximum absolute atomic E-state index is 8.00. The highest BCUT2D eigenvalue weighted by atomic mass is 35.5. The first-order valence-corrected chi connectivity index (χ1v) is 13.6. The van der Waals surface area contributed by atoms with Gasteiger partial charge in [0, 0.05) is 41.8 Å². The lowest BCUT2D eigenvalue weighted by atomic mass is 10.1. The Labute approximate surface area is 245 Å². The number of halogens is 2. The third kappa shape index (κ3) is 13.5. The number of benzene rings is 2. The summed E-state index contributed by atoms with van der Waals surface area (Å²) in [6.07, 6.45) is 5.09. The number of aliphatic imine (C=N–C) groups is 1. The number of rotatable bonds is 11. The number of nitrogens with zero attached hydrogens (tertiary/aromatic N) is 2. The average Bonchev–Trinajstić information content (AvgIpc) is 2.96. The van der Waals surface area contributed by atoms with E-state index in [-0.39, 0.29) is 0 Å². The second-order valence-electron chi connectivity index (χ2n) is 8.23. The van der Waals surface area contributed by atoms with Crippen LogP contribution in [0, 0.1) is 0 Å². The first-order chi connectivity index (χ1) is 18.7. The number of carbonyl (C=O) groups is 2. The predicted octanol–water partition coefficient (Wildman–Crippen LogP) is 6.51. The zero-order valence-electron chi connectivity index (χ0n) is 24.4. The van der Waals surface area contributed by atoms with Gasteiger partial charge in [-0.3, -0.25) is 0 Å². The average molecular weight is 579 g/mol. The second-order valence-corrected chi connectivity index (χ2v) is 9.05. The summed E-state index contributed by atoms with van der Waals surface area (Å²) in [5, 5.41) is 6.51. The van der Waals surface area contributed by atoms with Gasteiger partial charge in [0.15, 0.2) is 0 Å². The van der Waals surface area contributed by atoms with Crippen molar-refractivity contribution in [3.05, 3.63) is 69.0 Å². The Morgan fingerprint density at radius 1 is 1.05 bits per heavy atom. The van der Waals surface area contributed by atoms with Gasteiger partial charge in [0.05, 0.1) is 17.2 Å². The van der Waals surface area contributed by atoms with Crippen molar-refractivity contribution in [2.24, 2.45) is 4.99 Å². The van der Waals surface area contributed by atoms with Crippen molar-refractivity contribution >= 4 is 66.8 Å². The van der Waals surface area contributed by atoms with Crippen molar-refractivity contribution in [2.75, 3.05) is 25.1 Å². The zero-order chi connectivity index (χ0) is 30.4. The summed E-state index contributed by atoms with van der Waals surface area (Å²) >= 11 is 11.9. The van der Waals surface area contributed by atoms with Crippen molar-refractivity contribution in [2.45, 2.75) is 59.9 Å². The highest BCUT2D eigenvalue weighted by Gasteiger charge is 2.07. The fraction of sp³-hybridized carbons (Fsp3) is 0.387. The predicted molar refractivity (Wildman–Crippen MR) is 171 cm³/mol. The largest absolute Gasteiger partial charge is 0.497 e. The molecule has 0 aliphatic carbocycles. The van der Waals surface area contributed by atoms with E-state index in [4.69, 9.17) is 37.5 Å². The third-order valence-electron chi connectivity index (χ3n) is 5.49. The Balaban J connectivity index is 0. The molecule has 39 heavy (non-hydrogen) atoms. The van der Waals surface area contributed by atoms with E-state index >= 15 is 0 Å². The minimum Gasteiger partial charge on any atom is -0.497 e. The van der Waals surface area contributed by atoms with Crippen LogP contribution in [-0.4, -0.2) is 46.0 Å². The summed E-state index contributed by atoms with van der Waals surface area (Å²) in [6, 6.07) is 12.1. The molecule has 0 saturated heterocycles. The van der Waals surface area contributed by atoms with Crippen LogP contribution < -0.4 is 20.7 Å². The molecule has 8 heteroatoms. The van der Waals surface area contributed by atoms with E-state index in [0.29, 0.717) is 21.8 Å². The molecular weight excluding hydrogens is 533 g/mol. The summed E-state index contributed by atoms with van der Waals surface area (Å²) in [7, 11) is 1.61. The molecule has 216 valence electrons. The topological polar surface area (TPSA) is 71.0 Å². The molecule has 2 aromatic rings. The summed E-state index contributed by atoms with van der Waals surface area (Å²) in [5.74, 6) is 1.44. The highest BCUT2D eigenvalue weighted by Crippen LogP contribution is 2.27. The van der Waals surface area contributed by atoms with Crippen LogP contribution in [0.2, 0.25) is 10.0 Å². The summed E-state index contributed by atoms with van der Waals surface area (Å²) in [4.78, 5) is 22.8. The number of nitrogens with one attached hydrogen (secondary N) is 1. The van der Waals surface area contributed by atoms with Crippen molar-refractivity contribution in [1.82, 2.24) is 5.32 Å². The van der Waals surface area contributed by atoms with Gasteiger partial charge in [-0.15, -0.1) is 0 Å². The van der Waals surface area contributed by atoms with E-state index in [1.54, 1.807) is 13.3 Å². The smallest absolute Gasteiger partial charge is 0.133 e. The van der Waals surface area contributed by atoms with E-state index in [9.17, 15) is 0 Å². The monoisotopic (exact) mass is 577 g/mol. The Bertz CT molecular complexity index is 1110. The molecule has 2 aromatic carbocycles. The van der Waals surface area contributed by atoms with E-state index in [1.807, 2.05) is 56.9 Å². The van der Waals surface area contributed by atoms with Crippen molar-refractivity contribution in [3.8, 4) is 0 Å². The minimum absolute atomic E-state index is 0.349. The highest BCUT2D eigenvalue weighted by molar-refractivity contribution is 6.42. The fourth-order valence-corrected chi connectivity index (χ4v) is 3.71. The lowest BCUT2D eigenvalue weighted by Crippen LogP contribution is -2.35. The molecule has 2 rings (SSSR count). The van der Waals surface area contributed by atoms with E-state index in [0.717, 1.165) is 59.9 Å². The Morgan fingerprint density at radius 2 is 1.64 bits per heavy atom. The third-order valence-corrected chi connectivity index (χ3v) is 6.23. The molecule has 1 N–H and O–H groups in total.